The molecule has 5 heteroatoms. The first-order valence-corrected chi connectivity index (χ1v) is 7.12. The Kier molecular flexibility index (Phi) is 2.98. The maximum Gasteiger partial charge on any atom is 0.286 e. The fraction of sp³-hybridized carbons (Fsp3) is 0. The van der Waals surface area contributed by atoms with Gasteiger partial charge in [0, 0.05) is 5.56 Å². The standard InChI is InChI=1S/C18H11N3O2/c22-17-15-16(18(23)21(17)13-9-5-2-6-10-13)20-14(11-19-15)12-7-3-1-4-8-12/h1-11H. The number of hydrogen-bond donors (Lipinski definition) is 0. The number of carbonyl (C=O) groups excluding carboxylic acids is 2. The van der Waals surface area contributed by atoms with E-state index in [1.165, 1.54) is 6.20 Å². The molecular weight excluding hydrogens is 290 g/mol. The van der Waals surface area contributed by atoms with Crippen molar-refractivity contribution in [1.82, 2.24) is 9.97 Å². The van der Waals surface area contributed by atoms with Gasteiger partial charge >= 0.3 is 0 Å². The second kappa shape index (κ2) is 5.14. The quantitative estimate of drug-likeness (QED) is 0.683. The Bertz CT molecular complexity index is 908. The summed E-state index contributed by atoms with van der Waals surface area (Å²) < 4.78 is 0. The monoisotopic (exact) mass is 301 g/mol. The molecule has 1 aromatic heterocycles. The molecule has 1 aliphatic rings. The molecule has 0 N–H and O–H groups in total. The van der Waals surface area contributed by atoms with Crippen molar-refractivity contribution in [3.8, 4) is 11.3 Å². The number of hydrogen-bond acceptors (Lipinski definition) is 4. The van der Waals surface area contributed by atoms with Crippen LogP contribution < -0.4 is 4.90 Å². The molecule has 4 rings (SSSR count). The summed E-state index contributed by atoms with van der Waals surface area (Å²) in [5.74, 6) is -0.884. The topological polar surface area (TPSA) is 63.2 Å². The van der Waals surface area contributed by atoms with E-state index in [0.717, 1.165) is 10.5 Å². The molecule has 5 nitrogen and oxygen atoms in total. The lowest BCUT2D eigenvalue weighted by Gasteiger charge is -2.12. The van der Waals surface area contributed by atoms with E-state index < -0.39 is 11.8 Å². The third-order valence-corrected chi connectivity index (χ3v) is 3.67. The fourth-order valence-corrected chi connectivity index (χ4v) is 2.56. The van der Waals surface area contributed by atoms with Gasteiger partial charge in [-0.1, -0.05) is 48.5 Å². The van der Waals surface area contributed by atoms with Gasteiger partial charge in [-0.15, -0.1) is 0 Å². The van der Waals surface area contributed by atoms with E-state index in [1.807, 2.05) is 36.4 Å². The molecule has 0 fully saturated rings. The van der Waals surface area contributed by atoms with Crippen molar-refractivity contribution < 1.29 is 9.59 Å². The van der Waals surface area contributed by atoms with Crippen molar-refractivity contribution >= 4 is 17.5 Å². The lowest BCUT2D eigenvalue weighted by Crippen LogP contribution is -2.29. The minimum absolute atomic E-state index is 0.0959. The minimum Gasteiger partial charge on any atom is -0.266 e. The van der Waals surface area contributed by atoms with Crippen LogP contribution in [0.5, 0.6) is 0 Å². The number of para-hydroxylation sites is 1. The van der Waals surface area contributed by atoms with Crippen LogP contribution in [0.3, 0.4) is 0 Å². The maximum absolute atomic E-state index is 12.6. The highest BCUT2D eigenvalue weighted by molar-refractivity contribution is 6.33. The van der Waals surface area contributed by atoms with Crippen molar-refractivity contribution in [2.75, 3.05) is 4.90 Å². The maximum atomic E-state index is 12.6. The van der Waals surface area contributed by atoms with Crippen LogP contribution >= 0.6 is 0 Å². The van der Waals surface area contributed by atoms with Crippen LogP contribution in [0.4, 0.5) is 5.69 Å². The van der Waals surface area contributed by atoms with Gasteiger partial charge in [-0.25, -0.2) is 14.9 Å². The molecule has 0 atom stereocenters. The van der Waals surface area contributed by atoms with Crippen molar-refractivity contribution in [2.45, 2.75) is 0 Å². The number of rotatable bonds is 2. The molecule has 0 bridgehead atoms. The van der Waals surface area contributed by atoms with Crippen LogP contribution in [0.1, 0.15) is 21.0 Å². The number of fused-ring (bicyclic) bond motifs is 1. The molecule has 0 saturated carbocycles. The number of anilines is 1. The van der Waals surface area contributed by atoms with E-state index >= 15 is 0 Å². The van der Waals surface area contributed by atoms with Crippen molar-refractivity contribution in [1.29, 1.82) is 0 Å². The molecule has 0 saturated heterocycles. The minimum atomic E-state index is -0.443. The van der Waals surface area contributed by atoms with Gasteiger partial charge in [0.15, 0.2) is 11.4 Å². The summed E-state index contributed by atoms with van der Waals surface area (Å²) in [6.45, 7) is 0. The van der Waals surface area contributed by atoms with E-state index in [4.69, 9.17) is 0 Å². The zero-order valence-electron chi connectivity index (χ0n) is 12.0. The van der Waals surface area contributed by atoms with Crippen LogP contribution in [0.15, 0.2) is 66.9 Å². The number of carbonyl (C=O) groups is 2. The number of nitrogens with zero attached hydrogens (tertiary/aromatic N) is 3. The molecule has 0 unspecified atom stereocenters. The highest BCUT2D eigenvalue weighted by Gasteiger charge is 2.39. The van der Waals surface area contributed by atoms with Crippen molar-refractivity contribution in [3.63, 3.8) is 0 Å². The Morgan fingerprint density at radius 2 is 1.35 bits per heavy atom. The highest BCUT2D eigenvalue weighted by atomic mass is 16.2. The highest BCUT2D eigenvalue weighted by Crippen LogP contribution is 2.27. The van der Waals surface area contributed by atoms with Gasteiger partial charge < -0.3 is 0 Å². The molecule has 2 heterocycles. The number of amides is 2. The Labute approximate surface area is 132 Å². The molecule has 0 aliphatic carbocycles. The molecule has 1 aliphatic heterocycles. The molecule has 0 radical (unpaired) electrons. The number of benzene rings is 2. The third kappa shape index (κ3) is 2.10. The van der Waals surface area contributed by atoms with E-state index in [2.05, 4.69) is 9.97 Å². The summed E-state index contributed by atoms with van der Waals surface area (Å²) in [5, 5.41) is 0. The molecule has 3 aromatic rings. The zero-order chi connectivity index (χ0) is 15.8. The van der Waals surface area contributed by atoms with E-state index in [-0.39, 0.29) is 11.4 Å². The van der Waals surface area contributed by atoms with Gasteiger partial charge in [-0.3, -0.25) is 9.59 Å². The molecule has 2 aromatic carbocycles. The van der Waals surface area contributed by atoms with Gasteiger partial charge in [-0.05, 0) is 12.1 Å². The van der Waals surface area contributed by atoms with Crippen LogP contribution in [-0.4, -0.2) is 21.8 Å². The SMILES string of the molecule is O=C1c2ncc(-c3ccccc3)nc2C(=O)N1c1ccccc1. The van der Waals surface area contributed by atoms with Crippen molar-refractivity contribution in [3.05, 3.63) is 78.2 Å². The summed E-state index contributed by atoms with van der Waals surface area (Å²) in [7, 11) is 0. The molecule has 110 valence electrons. The lowest BCUT2D eigenvalue weighted by atomic mass is 10.1. The summed E-state index contributed by atoms with van der Waals surface area (Å²) in [5.41, 5.74) is 2.13. The fourth-order valence-electron chi connectivity index (χ4n) is 2.56. The van der Waals surface area contributed by atoms with Gasteiger partial charge in [-0.2, -0.15) is 0 Å². The van der Waals surface area contributed by atoms with Crippen LogP contribution in [0.25, 0.3) is 11.3 Å². The average Bonchev–Trinajstić information content (AvgIpc) is 2.87. The first-order valence-electron chi connectivity index (χ1n) is 7.12. The predicted octanol–water partition coefficient (Wildman–Crippen LogP) is 2.94. The summed E-state index contributed by atoms with van der Waals surface area (Å²) in [4.78, 5) is 34.7. The largest absolute Gasteiger partial charge is 0.286 e. The van der Waals surface area contributed by atoms with Crippen LogP contribution in [-0.2, 0) is 0 Å². The summed E-state index contributed by atoms with van der Waals surface area (Å²) >= 11 is 0. The first kappa shape index (κ1) is 13.3. The Morgan fingerprint density at radius 1 is 0.739 bits per heavy atom. The van der Waals surface area contributed by atoms with E-state index in [0.29, 0.717) is 11.4 Å². The van der Waals surface area contributed by atoms with Crippen LogP contribution in [0.2, 0.25) is 0 Å². The number of aromatic nitrogens is 2. The smallest absolute Gasteiger partial charge is 0.266 e. The second-order valence-electron chi connectivity index (χ2n) is 5.10. The zero-order valence-corrected chi connectivity index (χ0v) is 12.0. The molecule has 23 heavy (non-hydrogen) atoms. The Morgan fingerprint density at radius 3 is 2.04 bits per heavy atom. The average molecular weight is 301 g/mol. The third-order valence-electron chi connectivity index (χ3n) is 3.67. The molecule has 2 amide bonds. The summed E-state index contributed by atoms with van der Waals surface area (Å²) in [6.07, 6.45) is 1.52. The van der Waals surface area contributed by atoms with Crippen LogP contribution in [0, 0.1) is 0 Å². The molecular formula is C18H11N3O2. The summed E-state index contributed by atoms with van der Waals surface area (Å²) in [6, 6.07) is 18.2. The van der Waals surface area contributed by atoms with Crippen molar-refractivity contribution in [2.24, 2.45) is 0 Å². The molecule has 0 spiro atoms. The Hall–Kier alpha value is -3.34. The van der Waals surface area contributed by atoms with E-state index in [1.54, 1.807) is 24.3 Å². The van der Waals surface area contributed by atoms with Gasteiger partial charge in [0.2, 0.25) is 0 Å². The van der Waals surface area contributed by atoms with E-state index in [9.17, 15) is 9.59 Å². The normalized spacial score (nSPS) is 13.3. The second-order valence-corrected chi connectivity index (χ2v) is 5.10. The lowest BCUT2D eigenvalue weighted by molar-refractivity contribution is 0.0923. The predicted molar refractivity (Wildman–Crippen MR) is 85.1 cm³/mol. The van der Waals surface area contributed by atoms with Gasteiger partial charge in [0.1, 0.15) is 0 Å². The van der Waals surface area contributed by atoms with Gasteiger partial charge in [0.05, 0.1) is 17.6 Å². The number of imide groups is 1. The first-order chi connectivity index (χ1) is 11.3. The Balaban J connectivity index is 1.80. The van der Waals surface area contributed by atoms with Gasteiger partial charge in [0.25, 0.3) is 11.8 Å².